The van der Waals surface area contributed by atoms with Crippen LogP contribution in [0.4, 0.5) is 5.82 Å². The summed E-state index contributed by atoms with van der Waals surface area (Å²) in [5, 5.41) is 4.87. The highest BCUT2D eigenvalue weighted by Crippen LogP contribution is 2.18. The number of rotatable bonds is 2. The molecule has 0 aromatic carbocycles. The third-order valence-electron chi connectivity index (χ3n) is 2.34. The van der Waals surface area contributed by atoms with E-state index in [2.05, 4.69) is 15.1 Å². The topological polar surface area (TPSA) is 69.6 Å². The van der Waals surface area contributed by atoms with E-state index in [0.717, 1.165) is 5.69 Å². The Morgan fingerprint density at radius 1 is 1.35 bits per heavy atom. The van der Waals surface area contributed by atoms with Gasteiger partial charge in [0.2, 0.25) is 0 Å². The lowest BCUT2D eigenvalue weighted by Gasteiger charge is -2.07. The smallest absolute Gasteiger partial charge is 0.159 e. The number of aryl methyl sites for hydroxylation is 1. The first-order valence-electron chi connectivity index (χ1n) is 5.34. The monoisotopic (exact) mass is 251 g/mol. The largest absolute Gasteiger partial charge is 0.384 e. The summed E-state index contributed by atoms with van der Waals surface area (Å²) >= 11 is 5.96. The molecule has 2 rings (SSSR count). The SMILES string of the molecule is Cc1nn(-c2cc(N)nc(C(C)C)n2)cc1Cl. The van der Waals surface area contributed by atoms with Crippen LogP contribution in [-0.2, 0) is 0 Å². The van der Waals surface area contributed by atoms with Crippen LogP contribution in [0, 0.1) is 6.92 Å². The molecule has 0 bridgehead atoms. The summed E-state index contributed by atoms with van der Waals surface area (Å²) < 4.78 is 1.61. The van der Waals surface area contributed by atoms with Crippen molar-refractivity contribution >= 4 is 17.4 Å². The van der Waals surface area contributed by atoms with E-state index in [4.69, 9.17) is 17.3 Å². The van der Waals surface area contributed by atoms with Crippen LogP contribution in [0.15, 0.2) is 12.3 Å². The van der Waals surface area contributed by atoms with Crippen molar-refractivity contribution in [2.75, 3.05) is 5.73 Å². The molecular formula is C11H14ClN5. The molecule has 0 spiro atoms. The average Bonchev–Trinajstić information content (AvgIpc) is 2.58. The van der Waals surface area contributed by atoms with Crippen LogP contribution in [0.3, 0.4) is 0 Å². The minimum absolute atomic E-state index is 0.212. The number of hydrogen-bond acceptors (Lipinski definition) is 4. The van der Waals surface area contributed by atoms with Gasteiger partial charge in [0.1, 0.15) is 11.6 Å². The van der Waals surface area contributed by atoms with Gasteiger partial charge >= 0.3 is 0 Å². The molecule has 5 nitrogen and oxygen atoms in total. The second kappa shape index (κ2) is 4.33. The van der Waals surface area contributed by atoms with E-state index in [9.17, 15) is 0 Å². The van der Waals surface area contributed by atoms with E-state index in [0.29, 0.717) is 22.5 Å². The highest BCUT2D eigenvalue weighted by Gasteiger charge is 2.10. The zero-order valence-electron chi connectivity index (χ0n) is 9.98. The fraction of sp³-hybridized carbons (Fsp3) is 0.364. The minimum Gasteiger partial charge on any atom is -0.384 e. The molecule has 2 aromatic rings. The van der Waals surface area contributed by atoms with Gasteiger partial charge in [-0.3, -0.25) is 0 Å². The third kappa shape index (κ3) is 2.39. The van der Waals surface area contributed by atoms with Gasteiger partial charge in [-0.1, -0.05) is 25.4 Å². The van der Waals surface area contributed by atoms with Crippen LogP contribution in [0.25, 0.3) is 5.82 Å². The molecule has 0 fully saturated rings. The normalized spacial score (nSPS) is 11.1. The van der Waals surface area contributed by atoms with Crippen molar-refractivity contribution in [2.24, 2.45) is 0 Å². The van der Waals surface area contributed by atoms with Crippen LogP contribution in [0.5, 0.6) is 0 Å². The van der Waals surface area contributed by atoms with Crippen LogP contribution in [0.1, 0.15) is 31.3 Å². The summed E-state index contributed by atoms with van der Waals surface area (Å²) in [5.41, 5.74) is 6.51. The fourth-order valence-electron chi connectivity index (χ4n) is 1.40. The molecule has 0 saturated heterocycles. The summed E-state index contributed by atoms with van der Waals surface area (Å²) in [7, 11) is 0. The maximum Gasteiger partial charge on any atom is 0.159 e. The standard InChI is InChI=1S/C11H14ClN5/c1-6(2)11-14-9(13)4-10(15-11)17-5-8(12)7(3)16-17/h4-6H,1-3H3,(H2,13,14,15). The van der Waals surface area contributed by atoms with Gasteiger partial charge in [-0.05, 0) is 6.92 Å². The second-order valence-electron chi connectivity index (χ2n) is 4.17. The van der Waals surface area contributed by atoms with Gasteiger partial charge in [-0.25, -0.2) is 14.6 Å². The molecule has 2 aromatic heterocycles. The maximum absolute atomic E-state index is 5.96. The van der Waals surface area contributed by atoms with Gasteiger partial charge in [-0.2, -0.15) is 5.10 Å². The predicted molar refractivity (Wildman–Crippen MR) is 67.4 cm³/mol. The van der Waals surface area contributed by atoms with Crippen molar-refractivity contribution in [3.63, 3.8) is 0 Å². The molecule has 0 aliphatic heterocycles. The number of nitrogens with zero attached hydrogens (tertiary/aromatic N) is 4. The number of nitrogen functional groups attached to an aromatic ring is 1. The second-order valence-corrected chi connectivity index (χ2v) is 4.58. The first-order valence-corrected chi connectivity index (χ1v) is 5.71. The molecule has 0 saturated carbocycles. The number of nitrogens with two attached hydrogens (primary N) is 1. The number of halogens is 1. The zero-order valence-corrected chi connectivity index (χ0v) is 10.7. The van der Waals surface area contributed by atoms with Crippen LogP contribution < -0.4 is 5.73 Å². The first kappa shape index (κ1) is 11.9. The van der Waals surface area contributed by atoms with E-state index in [1.165, 1.54) is 0 Å². The van der Waals surface area contributed by atoms with Crippen LogP contribution >= 0.6 is 11.6 Å². The Kier molecular flexibility index (Phi) is 3.02. The maximum atomic E-state index is 5.96. The minimum atomic E-state index is 0.212. The van der Waals surface area contributed by atoms with E-state index < -0.39 is 0 Å². The van der Waals surface area contributed by atoms with Gasteiger partial charge in [0.15, 0.2) is 5.82 Å². The molecule has 0 aliphatic rings. The molecule has 90 valence electrons. The summed E-state index contributed by atoms with van der Waals surface area (Å²) in [6.07, 6.45) is 1.71. The Labute approximate surface area is 105 Å². The van der Waals surface area contributed by atoms with Crippen molar-refractivity contribution in [3.05, 3.63) is 28.8 Å². The van der Waals surface area contributed by atoms with Crippen molar-refractivity contribution in [1.82, 2.24) is 19.7 Å². The summed E-state index contributed by atoms with van der Waals surface area (Å²) in [6, 6.07) is 1.68. The Morgan fingerprint density at radius 2 is 2.06 bits per heavy atom. The van der Waals surface area contributed by atoms with Gasteiger partial charge in [0.05, 0.1) is 16.9 Å². The van der Waals surface area contributed by atoms with Gasteiger partial charge < -0.3 is 5.73 Å². The third-order valence-corrected chi connectivity index (χ3v) is 2.71. The van der Waals surface area contributed by atoms with Gasteiger partial charge in [0.25, 0.3) is 0 Å². The summed E-state index contributed by atoms with van der Waals surface area (Å²) in [4.78, 5) is 8.59. The lowest BCUT2D eigenvalue weighted by Crippen LogP contribution is -2.07. The van der Waals surface area contributed by atoms with E-state index in [1.54, 1.807) is 16.9 Å². The zero-order chi connectivity index (χ0) is 12.6. The quantitative estimate of drug-likeness (QED) is 0.889. The molecule has 0 amide bonds. The number of aromatic nitrogens is 4. The fourth-order valence-corrected chi connectivity index (χ4v) is 1.53. The molecule has 0 radical (unpaired) electrons. The summed E-state index contributed by atoms with van der Waals surface area (Å²) in [5.74, 6) is 1.98. The molecule has 0 aliphatic carbocycles. The molecule has 6 heteroatoms. The highest BCUT2D eigenvalue weighted by molar-refractivity contribution is 6.31. The molecule has 2 N–H and O–H groups in total. The van der Waals surface area contributed by atoms with E-state index in [1.807, 2.05) is 20.8 Å². The van der Waals surface area contributed by atoms with Crippen molar-refractivity contribution in [2.45, 2.75) is 26.7 Å². The molecule has 17 heavy (non-hydrogen) atoms. The van der Waals surface area contributed by atoms with Crippen molar-refractivity contribution in [1.29, 1.82) is 0 Å². The predicted octanol–water partition coefficient (Wildman–Crippen LogP) is 2.33. The van der Waals surface area contributed by atoms with Crippen molar-refractivity contribution < 1.29 is 0 Å². The average molecular weight is 252 g/mol. The lowest BCUT2D eigenvalue weighted by molar-refractivity contribution is 0.745. The number of anilines is 1. The first-order chi connectivity index (χ1) is 7.97. The van der Waals surface area contributed by atoms with Crippen LogP contribution in [0.2, 0.25) is 5.02 Å². The van der Waals surface area contributed by atoms with Gasteiger partial charge in [0, 0.05) is 12.0 Å². The Hall–Kier alpha value is -1.62. The van der Waals surface area contributed by atoms with E-state index >= 15 is 0 Å². The molecule has 0 atom stereocenters. The van der Waals surface area contributed by atoms with Crippen LogP contribution in [-0.4, -0.2) is 19.7 Å². The highest BCUT2D eigenvalue weighted by atomic mass is 35.5. The molecule has 0 unspecified atom stereocenters. The Morgan fingerprint density at radius 3 is 2.59 bits per heavy atom. The number of hydrogen-bond donors (Lipinski definition) is 1. The Bertz CT molecular complexity index is 527. The lowest BCUT2D eigenvalue weighted by atomic mass is 10.2. The summed E-state index contributed by atoms with van der Waals surface area (Å²) in [6.45, 7) is 5.87. The van der Waals surface area contributed by atoms with E-state index in [-0.39, 0.29) is 5.92 Å². The molecular weight excluding hydrogens is 238 g/mol. The van der Waals surface area contributed by atoms with Gasteiger partial charge in [-0.15, -0.1) is 0 Å². The van der Waals surface area contributed by atoms with Crippen molar-refractivity contribution in [3.8, 4) is 5.82 Å². The molecule has 2 heterocycles. The Balaban J connectivity index is 2.51.